The number of rotatable bonds is 8. The number of methoxy groups -OCH3 is 1. The SMILES string of the molecule is CC[C@]1(C)C[C@](CCNCc2ccccc2)(c2ccc(OC)cc2)CCO1. The second-order valence-corrected chi connectivity index (χ2v) is 8.00. The second kappa shape index (κ2) is 8.90. The van der Waals surface area contributed by atoms with Crippen LogP contribution in [-0.4, -0.2) is 25.9 Å². The molecule has 1 aliphatic rings. The summed E-state index contributed by atoms with van der Waals surface area (Å²) in [4.78, 5) is 0. The number of nitrogens with one attached hydrogen (secondary N) is 1. The van der Waals surface area contributed by atoms with Crippen LogP contribution in [0.4, 0.5) is 0 Å². The predicted molar refractivity (Wildman–Crippen MR) is 111 cm³/mol. The van der Waals surface area contributed by atoms with Crippen molar-refractivity contribution in [3.8, 4) is 5.75 Å². The van der Waals surface area contributed by atoms with Crippen molar-refractivity contribution >= 4 is 0 Å². The lowest BCUT2D eigenvalue weighted by Crippen LogP contribution is -2.46. The predicted octanol–water partition coefficient (Wildman–Crippen LogP) is 5.09. The fourth-order valence-electron chi connectivity index (χ4n) is 4.28. The topological polar surface area (TPSA) is 30.5 Å². The average Bonchev–Trinajstić information content (AvgIpc) is 2.72. The van der Waals surface area contributed by atoms with Gasteiger partial charge in [0, 0.05) is 18.6 Å². The Labute approximate surface area is 164 Å². The minimum atomic E-state index is -0.0440. The molecular formula is C24H33NO2. The molecule has 146 valence electrons. The van der Waals surface area contributed by atoms with Crippen LogP contribution in [0.2, 0.25) is 0 Å². The highest BCUT2D eigenvalue weighted by molar-refractivity contribution is 5.33. The molecule has 27 heavy (non-hydrogen) atoms. The molecular weight excluding hydrogens is 334 g/mol. The smallest absolute Gasteiger partial charge is 0.118 e. The van der Waals surface area contributed by atoms with Gasteiger partial charge in [0.1, 0.15) is 5.75 Å². The molecule has 0 bridgehead atoms. The second-order valence-electron chi connectivity index (χ2n) is 8.00. The number of ether oxygens (including phenoxy) is 2. The molecule has 1 N–H and O–H groups in total. The van der Waals surface area contributed by atoms with E-state index in [9.17, 15) is 0 Å². The number of benzene rings is 2. The van der Waals surface area contributed by atoms with Gasteiger partial charge in [-0.15, -0.1) is 0 Å². The molecule has 0 radical (unpaired) electrons. The van der Waals surface area contributed by atoms with Crippen LogP contribution in [0.15, 0.2) is 54.6 Å². The van der Waals surface area contributed by atoms with E-state index >= 15 is 0 Å². The van der Waals surface area contributed by atoms with Gasteiger partial charge in [0.25, 0.3) is 0 Å². The van der Waals surface area contributed by atoms with Crippen LogP contribution in [0.1, 0.15) is 50.7 Å². The minimum absolute atomic E-state index is 0.0440. The molecule has 0 aromatic heterocycles. The summed E-state index contributed by atoms with van der Waals surface area (Å²) in [5, 5.41) is 3.65. The third-order valence-electron chi connectivity index (χ3n) is 6.15. The Kier molecular flexibility index (Phi) is 6.56. The molecule has 1 heterocycles. The van der Waals surface area contributed by atoms with E-state index in [1.807, 2.05) is 0 Å². The van der Waals surface area contributed by atoms with Crippen LogP contribution in [0.25, 0.3) is 0 Å². The monoisotopic (exact) mass is 367 g/mol. The maximum atomic E-state index is 6.17. The largest absolute Gasteiger partial charge is 0.497 e. The first kappa shape index (κ1) is 19.9. The quantitative estimate of drug-likeness (QED) is 0.659. The molecule has 2 atom stereocenters. The summed E-state index contributed by atoms with van der Waals surface area (Å²) in [6, 6.07) is 19.3. The summed E-state index contributed by atoms with van der Waals surface area (Å²) in [5.41, 5.74) is 2.85. The summed E-state index contributed by atoms with van der Waals surface area (Å²) < 4.78 is 11.5. The maximum Gasteiger partial charge on any atom is 0.118 e. The fourth-order valence-corrected chi connectivity index (χ4v) is 4.28. The van der Waals surface area contributed by atoms with Gasteiger partial charge in [0.15, 0.2) is 0 Å². The minimum Gasteiger partial charge on any atom is -0.497 e. The van der Waals surface area contributed by atoms with Crippen LogP contribution >= 0.6 is 0 Å². The summed E-state index contributed by atoms with van der Waals surface area (Å²) in [5.74, 6) is 0.918. The highest BCUT2D eigenvalue weighted by Crippen LogP contribution is 2.45. The zero-order valence-electron chi connectivity index (χ0n) is 17.0. The Hall–Kier alpha value is -1.84. The van der Waals surface area contributed by atoms with E-state index in [1.54, 1.807) is 7.11 Å². The third kappa shape index (κ3) is 4.91. The van der Waals surface area contributed by atoms with Gasteiger partial charge in [-0.2, -0.15) is 0 Å². The van der Waals surface area contributed by atoms with E-state index in [2.05, 4.69) is 73.8 Å². The lowest BCUT2D eigenvalue weighted by atomic mass is 9.66. The van der Waals surface area contributed by atoms with Crippen LogP contribution in [0, 0.1) is 0 Å². The Morgan fingerprint density at radius 1 is 1.07 bits per heavy atom. The molecule has 1 fully saturated rings. The highest BCUT2D eigenvalue weighted by atomic mass is 16.5. The van der Waals surface area contributed by atoms with E-state index in [1.165, 1.54) is 11.1 Å². The fraction of sp³-hybridized carbons (Fsp3) is 0.500. The molecule has 0 saturated carbocycles. The maximum absolute atomic E-state index is 6.17. The van der Waals surface area contributed by atoms with Crippen molar-refractivity contribution in [2.24, 2.45) is 0 Å². The van der Waals surface area contributed by atoms with Gasteiger partial charge in [-0.05, 0) is 62.4 Å². The summed E-state index contributed by atoms with van der Waals surface area (Å²) in [7, 11) is 1.72. The van der Waals surface area contributed by atoms with Gasteiger partial charge in [0.05, 0.1) is 12.7 Å². The molecule has 3 rings (SSSR count). The lowest BCUT2D eigenvalue weighted by molar-refractivity contribution is -0.0979. The molecule has 2 aromatic carbocycles. The van der Waals surface area contributed by atoms with Crippen LogP contribution in [0.5, 0.6) is 5.75 Å². The van der Waals surface area contributed by atoms with Crippen molar-refractivity contribution < 1.29 is 9.47 Å². The van der Waals surface area contributed by atoms with Gasteiger partial charge in [-0.25, -0.2) is 0 Å². The molecule has 0 unspecified atom stereocenters. The Bertz CT molecular complexity index is 700. The van der Waals surface area contributed by atoms with E-state index in [-0.39, 0.29) is 11.0 Å². The van der Waals surface area contributed by atoms with Crippen molar-refractivity contribution in [2.75, 3.05) is 20.3 Å². The zero-order valence-corrected chi connectivity index (χ0v) is 17.0. The first-order chi connectivity index (χ1) is 13.1. The van der Waals surface area contributed by atoms with Crippen molar-refractivity contribution in [2.45, 2.75) is 57.1 Å². The van der Waals surface area contributed by atoms with Crippen molar-refractivity contribution in [1.29, 1.82) is 0 Å². The first-order valence-electron chi connectivity index (χ1n) is 10.1. The first-order valence-corrected chi connectivity index (χ1v) is 10.1. The van der Waals surface area contributed by atoms with E-state index < -0.39 is 0 Å². The van der Waals surface area contributed by atoms with E-state index in [4.69, 9.17) is 9.47 Å². The average molecular weight is 368 g/mol. The van der Waals surface area contributed by atoms with Gasteiger partial charge < -0.3 is 14.8 Å². The normalized spacial score (nSPS) is 25.3. The molecule has 0 spiro atoms. The van der Waals surface area contributed by atoms with Crippen molar-refractivity contribution in [3.05, 3.63) is 65.7 Å². The zero-order chi connectivity index (χ0) is 19.2. The molecule has 1 saturated heterocycles. The lowest BCUT2D eigenvalue weighted by Gasteiger charge is -2.47. The van der Waals surface area contributed by atoms with E-state index in [0.29, 0.717) is 0 Å². The summed E-state index contributed by atoms with van der Waals surface area (Å²) in [6.07, 6.45) is 4.30. The number of hydrogen-bond acceptors (Lipinski definition) is 3. The Morgan fingerprint density at radius 2 is 1.81 bits per heavy atom. The number of hydrogen-bond donors (Lipinski definition) is 1. The standard InChI is InChI=1S/C24H33NO2/c1-4-23(2)19-24(15-17-27-23,21-10-12-22(26-3)13-11-21)14-16-25-18-20-8-6-5-7-9-20/h5-13,25H,4,14-19H2,1-3H3/t23-,24-/m1/s1. The molecule has 3 heteroatoms. The molecule has 3 nitrogen and oxygen atoms in total. The van der Waals surface area contributed by atoms with Gasteiger partial charge >= 0.3 is 0 Å². The van der Waals surface area contributed by atoms with E-state index in [0.717, 1.165) is 51.1 Å². The van der Waals surface area contributed by atoms with Crippen LogP contribution in [-0.2, 0) is 16.7 Å². The molecule has 2 aromatic rings. The van der Waals surface area contributed by atoms with Gasteiger partial charge in [-0.1, -0.05) is 49.4 Å². The Morgan fingerprint density at radius 3 is 2.48 bits per heavy atom. The summed E-state index contributed by atoms with van der Waals surface area (Å²) >= 11 is 0. The molecule has 0 amide bonds. The van der Waals surface area contributed by atoms with Crippen LogP contribution < -0.4 is 10.1 Å². The van der Waals surface area contributed by atoms with Crippen LogP contribution in [0.3, 0.4) is 0 Å². The molecule has 0 aliphatic carbocycles. The third-order valence-corrected chi connectivity index (χ3v) is 6.15. The van der Waals surface area contributed by atoms with Crippen molar-refractivity contribution in [3.63, 3.8) is 0 Å². The van der Waals surface area contributed by atoms with Crippen molar-refractivity contribution in [1.82, 2.24) is 5.32 Å². The highest BCUT2D eigenvalue weighted by Gasteiger charge is 2.43. The molecule has 1 aliphatic heterocycles. The summed E-state index contributed by atoms with van der Waals surface area (Å²) in [6.45, 7) is 7.25. The van der Waals surface area contributed by atoms with Gasteiger partial charge in [-0.3, -0.25) is 0 Å². The van der Waals surface area contributed by atoms with Gasteiger partial charge in [0.2, 0.25) is 0 Å². The Balaban J connectivity index is 1.73.